The summed E-state index contributed by atoms with van der Waals surface area (Å²) >= 11 is 0.600. The van der Waals surface area contributed by atoms with Gasteiger partial charge in [0.05, 0.1) is 5.69 Å². The van der Waals surface area contributed by atoms with Crippen molar-refractivity contribution in [3.05, 3.63) is 99.7 Å². The lowest BCUT2D eigenvalue weighted by atomic mass is 10.0. The van der Waals surface area contributed by atoms with Crippen molar-refractivity contribution in [3.63, 3.8) is 0 Å². The molecule has 0 bridgehead atoms. The minimum Gasteiger partial charge on any atom is -0.485 e. The first-order valence-electron chi connectivity index (χ1n) is 12.1. The number of hydrogen-bond donors (Lipinski definition) is 2. The number of carbonyl (C=O) groups is 2. The molecule has 0 spiro atoms. The van der Waals surface area contributed by atoms with Crippen molar-refractivity contribution in [3.8, 4) is 16.9 Å². The maximum Gasteiger partial charge on any atom is 0.433 e. The Bertz CT molecular complexity index is 1790. The number of anilines is 1. The smallest absolute Gasteiger partial charge is 0.433 e. The van der Waals surface area contributed by atoms with Crippen molar-refractivity contribution in [1.29, 1.82) is 0 Å². The Morgan fingerprint density at radius 3 is 2.46 bits per heavy atom. The van der Waals surface area contributed by atoms with Crippen molar-refractivity contribution >= 4 is 39.1 Å². The van der Waals surface area contributed by atoms with Gasteiger partial charge in [0.15, 0.2) is 5.76 Å². The molecular formula is C29H21F4N3O4S. The van der Waals surface area contributed by atoms with E-state index in [0.29, 0.717) is 22.8 Å². The predicted octanol–water partition coefficient (Wildman–Crippen LogP) is 7.26. The lowest BCUT2D eigenvalue weighted by molar-refractivity contribution is -0.140. The Hall–Kier alpha value is -4.71. The van der Waals surface area contributed by atoms with E-state index in [2.05, 4.69) is 10.3 Å². The van der Waals surface area contributed by atoms with Gasteiger partial charge in [-0.3, -0.25) is 9.59 Å². The molecule has 0 aliphatic rings. The highest BCUT2D eigenvalue weighted by atomic mass is 32.1. The van der Waals surface area contributed by atoms with E-state index in [4.69, 9.17) is 14.9 Å². The van der Waals surface area contributed by atoms with Crippen LogP contribution in [0.5, 0.6) is 5.75 Å². The molecule has 3 N–H and O–H groups in total. The van der Waals surface area contributed by atoms with Gasteiger partial charge in [-0.2, -0.15) is 13.2 Å². The number of rotatable bonds is 7. The lowest BCUT2D eigenvalue weighted by Gasteiger charge is -2.12. The number of amides is 2. The summed E-state index contributed by atoms with van der Waals surface area (Å²) < 4.78 is 66.1. The minimum absolute atomic E-state index is 0.0246. The van der Waals surface area contributed by atoms with Crippen molar-refractivity contribution in [2.75, 3.05) is 5.32 Å². The zero-order valence-corrected chi connectivity index (χ0v) is 22.4. The van der Waals surface area contributed by atoms with E-state index < -0.39 is 29.5 Å². The Labute approximate surface area is 234 Å². The molecule has 5 aromatic rings. The molecule has 0 saturated carbocycles. The zero-order chi connectivity index (χ0) is 29.5. The fraction of sp³-hybridized carbons (Fsp3) is 0.138. The van der Waals surface area contributed by atoms with E-state index >= 15 is 0 Å². The zero-order valence-electron chi connectivity index (χ0n) is 21.6. The molecule has 7 nitrogen and oxygen atoms in total. The molecule has 210 valence electrons. The van der Waals surface area contributed by atoms with Crippen molar-refractivity contribution in [2.24, 2.45) is 5.73 Å². The summed E-state index contributed by atoms with van der Waals surface area (Å²) in [5, 5.41) is 2.60. The molecule has 0 fully saturated rings. The van der Waals surface area contributed by atoms with Crippen LogP contribution in [-0.2, 0) is 12.8 Å². The van der Waals surface area contributed by atoms with Gasteiger partial charge in [0.2, 0.25) is 0 Å². The van der Waals surface area contributed by atoms with Crippen LogP contribution >= 0.6 is 11.3 Å². The molecule has 0 unspecified atom stereocenters. The number of pyridine rings is 1. The second-order valence-electron chi connectivity index (χ2n) is 9.19. The second-order valence-corrected chi connectivity index (χ2v) is 10.2. The van der Waals surface area contributed by atoms with Crippen LogP contribution in [0.4, 0.5) is 23.2 Å². The Morgan fingerprint density at radius 2 is 1.78 bits per heavy atom. The molecule has 41 heavy (non-hydrogen) atoms. The third-order valence-electron chi connectivity index (χ3n) is 6.17. The molecule has 2 aromatic carbocycles. The number of nitrogens with two attached hydrogens (primary N) is 1. The summed E-state index contributed by atoms with van der Waals surface area (Å²) in [6.07, 6.45) is -4.81. The third-order valence-corrected chi connectivity index (χ3v) is 7.27. The number of thiophene rings is 1. The molecular weight excluding hydrogens is 562 g/mol. The first kappa shape index (κ1) is 27.8. The quantitative estimate of drug-likeness (QED) is 0.196. The number of carbonyl (C=O) groups excluding carboxylic acids is 2. The van der Waals surface area contributed by atoms with Gasteiger partial charge >= 0.3 is 6.18 Å². The van der Waals surface area contributed by atoms with Crippen LogP contribution in [0.3, 0.4) is 0 Å². The predicted molar refractivity (Wildman–Crippen MR) is 145 cm³/mol. The number of ether oxygens (including phenoxy) is 1. The number of benzene rings is 2. The Balaban J connectivity index is 1.51. The van der Waals surface area contributed by atoms with Crippen LogP contribution < -0.4 is 15.8 Å². The van der Waals surface area contributed by atoms with Gasteiger partial charge in [-0.05, 0) is 72.5 Å². The minimum atomic E-state index is -4.81. The first-order chi connectivity index (χ1) is 19.4. The van der Waals surface area contributed by atoms with Gasteiger partial charge in [0.1, 0.15) is 39.3 Å². The topological polar surface area (TPSA) is 107 Å². The molecule has 0 aliphatic heterocycles. The highest BCUT2D eigenvalue weighted by molar-refractivity contribution is 7.21. The summed E-state index contributed by atoms with van der Waals surface area (Å²) in [4.78, 5) is 28.8. The number of primary amides is 1. The van der Waals surface area contributed by atoms with Gasteiger partial charge in [0, 0.05) is 5.39 Å². The van der Waals surface area contributed by atoms with Crippen molar-refractivity contribution in [2.45, 2.75) is 26.6 Å². The fourth-order valence-corrected chi connectivity index (χ4v) is 5.16. The van der Waals surface area contributed by atoms with E-state index in [1.54, 1.807) is 6.07 Å². The lowest BCUT2D eigenvalue weighted by Crippen LogP contribution is -2.16. The number of aryl methyl sites for hydroxylation is 2. The van der Waals surface area contributed by atoms with Gasteiger partial charge in [0.25, 0.3) is 11.8 Å². The van der Waals surface area contributed by atoms with Crippen LogP contribution in [0, 0.1) is 19.7 Å². The summed E-state index contributed by atoms with van der Waals surface area (Å²) in [5.41, 5.74) is 6.28. The summed E-state index contributed by atoms with van der Waals surface area (Å²) in [6, 6.07) is 14.2. The SMILES string of the molecule is Cc1ccc(C)c(OCc2ccc(C(=O)Nc3c(C(N)=O)sc4nc(C(F)(F)F)cc(-c5ccc(F)cc5)c34)o2)c1. The monoisotopic (exact) mass is 583 g/mol. The summed E-state index contributed by atoms with van der Waals surface area (Å²) in [6.45, 7) is 3.85. The van der Waals surface area contributed by atoms with Crippen LogP contribution in [0.1, 0.15) is 42.8 Å². The number of alkyl halides is 3. The van der Waals surface area contributed by atoms with Crippen molar-refractivity contribution in [1.82, 2.24) is 4.98 Å². The maximum atomic E-state index is 13.7. The molecule has 3 heterocycles. The normalized spacial score (nSPS) is 11.6. The Kier molecular flexibility index (Phi) is 7.26. The number of furan rings is 1. The van der Waals surface area contributed by atoms with Crippen molar-refractivity contribution < 1.29 is 36.3 Å². The van der Waals surface area contributed by atoms with E-state index in [9.17, 15) is 27.2 Å². The molecule has 0 aliphatic carbocycles. The number of hydrogen-bond acceptors (Lipinski definition) is 6. The third kappa shape index (κ3) is 5.78. The molecule has 12 heteroatoms. The molecule has 3 aromatic heterocycles. The number of nitrogens with zero attached hydrogens (tertiary/aromatic N) is 1. The van der Waals surface area contributed by atoms with Gasteiger partial charge < -0.3 is 20.2 Å². The average Bonchev–Trinajstić information content (AvgIpc) is 3.54. The molecule has 5 rings (SSSR count). The number of halogens is 4. The first-order valence-corrected chi connectivity index (χ1v) is 12.9. The molecule has 0 radical (unpaired) electrons. The largest absolute Gasteiger partial charge is 0.485 e. The van der Waals surface area contributed by atoms with E-state index in [-0.39, 0.29) is 44.3 Å². The van der Waals surface area contributed by atoms with Gasteiger partial charge in [-0.25, -0.2) is 9.37 Å². The van der Waals surface area contributed by atoms with Gasteiger partial charge in [-0.15, -0.1) is 11.3 Å². The second kappa shape index (κ2) is 10.7. The summed E-state index contributed by atoms with van der Waals surface area (Å²) in [5.74, 6) is -1.50. The van der Waals surface area contributed by atoms with Crippen LogP contribution in [0.2, 0.25) is 0 Å². The average molecular weight is 584 g/mol. The highest BCUT2D eigenvalue weighted by Gasteiger charge is 2.35. The van der Waals surface area contributed by atoms with Gasteiger partial charge in [-0.1, -0.05) is 24.3 Å². The van der Waals surface area contributed by atoms with Crippen LogP contribution in [-0.4, -0.2) is 16.8 Å². The highest BCUT2D eigenvalue weighted by Crippen LogP contribution is 2.43. The summed E-state index contributed by atoms with van der Waals surface area (Å²) in [7, 11) is 0. The van der Waals surface area contributed by atoms with E-state index in [0.717, 1.165) is 29.3 Å². The maximum absolute atomic E-state index is 13.7. The van der Waals surface area contributed by atoms with Crippen LogP contribution in [0.25, 0.3) is 21.3 Å². The number of fused-ring (bicyclic) bond motifs is 1. The fourth-order valence-electron chi connectivity index (χ4n) is 4.16. The molecule has 0 atom stereocenters. The Morgan fingerprint density at radius 1 is 1.05 bits per heavy atom. The number of nitrogens with one attached hydrogen (secondary N) is 1. The molecule has 2 amide bonds. The molecule has 0 saturated heterocycles. The standard InChI is InChI=1S/C29H21F4N3O4S/c1-14-3-4-15(2)21(11-14)39-13-18-9-10-20(40-18)27(38)36-24-23-19(16-5-7-17(30)8-6-16)12-22(29(31,32)33)35-28(23)41-25(24)26(34)37/h3-12H,13H2,1-2H3,(H2,34,37)(H,36,38). The number of aromatic nitrogens is 1. The van der Waals surface area contributed by atoms with Crippen LogP contribution in [0.15, 0.2) is 65.1 Å². The van der Waals surface area contributed by atoms with E-state index in [1.165, 1.54) is 18.2 Å². The van der Waals surface area contributed by atoms with E-state index in [1.807, 2.05) is 32.0 Å².